The molecule has 21 heavy (non-hydrogen) atoms. The highest BCUT2D eigenvalue weighted by molar-refractivity contribution is 5.77. The summed E-state index contributed by atoms with van der Waals surface area (Å²) < 4.78 is 40.8. The topological polar surface area (TPSA) is 102 Å². The number of aliphatic hydroxyl groups excluding tert-OH is 1. The number of nitrogens with one attached hydrogen (secondary N) is 1. The molecule has 0 heterocycles. The predicted molar refractivity (Wildman–Crippen MR) is 63.7 cm³/mol. The molecular formula is C11H11F3N2O5. The van der Waals surface area contributed by atoms with Crippen molar-refractivity contribution in [2.45, 2.75) is 12.3 Å². The Kier molecular flexibility index (Phi) is 5.47. The van der Waals surface area contributed by atoms with Gasteiger partial charge in [-0.2, -0.15) is 13.2 Å². The number of hydrogen-bond acceptors (Lipinski definition) is 5. The van der Waals surface area contributed by atoms with Crippen molar-refractivity contribution < 1.29 is 32.7 Å². The average Bonchev–Trinajstić information content (AvgIpc) is 2.41. The zero-order chi connectivity index (χ0) is 16.0. The van der Waals surface area contributed by atoms with Crippen LogP contribution < -0.4 is 10.1 Å². The molecule has 0 fully saturated rings. The third-order valence-electron chi connectivity index (χ3n) is 2.27. The van der Waals surface area contributed by atoms with Gasteiger partial charge in [-0.25, -0.2) is 0 Å². The van der Waals surface area contributed by atoms with E-state index in [1.165, 1.54) is 18.2 Å². The molecule has 0 radical (unpaired) electrons. The standard InChI is InChI=1S/C11H11F3N2O5/c12-11(13,14)9(17)5-15-10(18)6-21-8-3-1-2-7(4-8)16(19)20/h1-4,9,17H,5-6H2,(H,15,18). The molecule has 0 bridgehead atoms. The van der Waals surface area contributed by atoms with E-state index in [4.69, 9.17) is 9.84 Å². The number of carbonyl (C=O) groups is 1. The Bertz CT molecular complexity index is 521. The summed E-state index contributed by atoms with van der Waals surface area (Å²) in [7, 11) is 0. The molecule has 1 rings (SSSR count). The molecule has 0 aliphatic heterocycles. The Labute approximate surface area is 116 Å². The monoisotopic (exact) mass is 308 g/mol. The summed E-state index contributed by atoms with van der Waals surface area (Å²) in [4.78, 5) is 21.1. The van der Waals surface area contributed by atoms with Crippen molar-refractivity contribution in [2.24, 2.45) is 0 Å². The van der Waals surface area contributed by atoms with Crippen LogP contribution >= 0.6 is 0 Å². The summed E-state index contributed by atoms with van der Waals surface area (Å²) in [6.07, 6.45) is -7.49. The fourth-order valence-corrected chi connectivity index (χ4v) is 1.21. The summed E-state index contributed by atoms with van der Waals surface area (Å²) in [6, 6.07) is 4.97. The molecule has 116 valence electrons. The number of carbonyl (C=O) groups excluding carboxylic acids is 1. The minimum atomic E-state index is -4.83. The Morgan fingerprint density at radius 1 is 1.48 bits per heavy atom. The summed E-state index contributed by atoms with van der Waals surface area (Å²) in [6.45, 7) is -1.63. The minimum absolute atomic E-state index is 0.0238. The van der Waals surface area contributed by atoms with Gasteiger partial charge in [0.2, 0.25) is 0 Å². The van der Waals surface area contributed by atoms with Gasteiger partial charge < -0.3 is 15.2 Å². The maximum absolute atomic E-state index is 12.0. The number of halogens is 3. The quantitative estimate of drug-likeness (QED) is 0.603. The number of nitro groups is 1. The first-order valence-electron chi connectivity index (χ1n) is 5.59. The first-order chi connectivity index (χ1) is 9.70. The summed E-state index contributed by atoms with van der Waals surface area (Å²) in [5, 5.41) is 21.0. The molecule has 0 aliphatic rings. The van der Waals surface area contributed by atoms with E-state index in [-0.39, 0.29) is 11.4 Å². The molecule has 1 aromatic carbocycles. The number of amides is 1. The van der Waals surface area contributed by atoms with Gasteiger partial charge in [-0.05, 0) is 6.07 Å². The molecule has 0 saturated carbocycles. The Balaban J connectivity index is 2.43. The molecule has 2 N–H and O–H groups in total. The summed E-state index contributed by atoms with van der Waals surface area (Å²) in [5.74, 6) is -0.875. The lowest BCUT2D eigenvalue weighted by Gasteiger charge is -2.15. The second kappa shape index (κ2) is 6.88. The lowest BCUT2D eigenvalue weighted by molar-refractivity contribution is -0.384. The maximum atomic E-state index is 12.0. The van der Waals surface area contributed by atoms with E-state index < -0.39 is 36.3 Å². The number of nitro benzene ring substituents is 1. The average molecular weight is 308 g/mol. The number of hydrogen-bond donors (Lipinski definition) is 2. The third-order valence-corrected chi connectivity index (χ3v) is 2.27. The van der Waals surface area contributed by atoms with E-state index in [0.29, 0.717) is 0 Å². The number of ether oxygens (including phenoxy) is 1. The van der Waals surface area contributed by atoms with Crippen molar-refractivity contribution in [3.8, 4) is 5.75 Å². The van der Waals surface area contributed by atoms with Crippen LogP contribution in [0.25, 0.3) is 0 Å². The lowest BCUT2D eigenvalue weighted by Crippen LogP contribution is -2.42. The maximum Gasteiger partial charge on any atom is 0.416 e. The van der Waals surface area contributed by atoms with Crippen LogP contribution in [0.5, 0.6) is 5.75 Å². The van der Waals surface area contributed by atoms with Gasteiger partial charge in [0.15, 0.2) is 12.7 Å². The molecule has 1 amide bonds. The normalized spacial score (nSPS) is 12.6. The molecule has 0 spiro atoms. The smallest absolute Gasteiger partial charge is 0.416 e. The van der Waals surface area contributed by atoms with E-state index in [2.05, 4.69) is 0 Å². The molecule has 0 aliphatic carbocycles. The summed E-state index contributed by atoms with van der Waals surface area (Å²) >= 11 is 0. The number of rotatable bonds is 6. The van der Waals surface area contributed by atoms with Gasteiger partial charge >= 0.3 is 6.18 Å². The van der Waals surface area contributed by atoms with Gasteiger partial charge in [0.1, 0.15) is 5.75 Å². The van der Waals surface area contributed by atoms with E-state index >= 15 is 0 Å². The highest BCUT2D eigenvalue weighted by Crippen LogP contribution is 2.20. The second-order valence-electron chi connectivity index (χ2n) is 3.90. The molecule has 10 heteroatoms. The number of non-ortho nitro benzene ring substituents is 1. The molecule has 7 nitrogen and oxygen atoms in total. The van der Waals surface area contributed by atoms with Gasteiger partial charge in [-0.15, -0.1) is 0 Å². The lowest BCUT2D eigenvalue weighted by atomic mass is 10.3. The van der Waals surface area contributed by atoms with Crippen LogP contribution in [0.2, 0.25) is 0 Å². The van der Waals surface area contributed by atoms with Gasteiger partial charge in [0.05, 0.1) is 17.5 Å². The van der Waals surface area contributed by atoms with Crippen LogP contribution in [0.4, 0.5) is 18.9 Å². The second-order valence-corrected chi connectivity index (χ2v) is 3.90. The summed E-state index contributed by atoms with van der Waals surface area (Å²) in [5.41, 5.74) is -0.250. The highest BCUT2D eigenvalue weighted by Gasteiger charge is 2.38. The van der Waals surface area contributed by atoms with Gasteiger partial charge in [0.25, 0.3) is 11.6 Å². The SMILES string of the molecule is O=C(COc1cccc([N+](=O)[O-])c1)NCC(O)C(F)(F)F. The van der Waals surface area contributed by atoms with Crippen LogP contribution in [-0.2, 0) is 4.79 Å². The van der Waals surface area contributed by atoms with Crippen molar-refractivity contribution >= 4 is 11.6 Å². The van der Waals surface area contributed by atoms with Gasteiger partial charge in [-0.3, -0.25) is 14.9 Å². The minimum Gasteiger partial charge on any atom is -0.484 e. The number of benzene rings is 1. The fourth-order valence-electron chi connectivity index (χ4n) is 1.21. The molecule has 1 aromatic rings. The van der Waals surface area contributed by atoms with E-state index in [0.717, 1.165) is 6.07 Å². The molecule has 0 aromatic heterocycles. The highest BCUT2D eigenvalue weighted by atomic mass is 19.4. The largest absolute Gasteiger partial charge is 0.484 e. The van der Waals surface area contributed by atoms with E-state index in [1.807, 2.05) is 5.32 Å². The molecule has 1 atom stereocenters. The van der Waals surface area contributed by atoms with Crippen molar-refractivity contribution in [3.63, 3.8) is 0 Å². The zero-order valence-corrected chi connectivity index (χ0v) is 10.5. The van der Waals surface area contributed by atoms with Crippen LogP contribution in [0.3, 0.4) is 0 Å². The zero-order valence-electron chi connectivity index (χ0n) is 10.5. The molecule has 1 unspecified atom stereocenters. The Morgan fingerprint density at radius 2 is 2.14 bits per heavy atom. The van der Waals surface area contributed by atoms with Crippen molar-refractivity contribution in [1.29, 1.82) is 0 Å². The third kappa shape index (κ3) is 5.65. The Hall–Kier alpha value is -2.36. The number of nitrogens with zero attached hydrogens (tertiary/aromatic N) is 1. The van der Waals surface area contributed by atoms with Crippen molar-refractivity contribution in [1.82, 2.24) is 5.32 Å². The van der Waals surface area contributed by atoms with Crippen LogP contribution in [0.1, 0.15) is 0 Å². The number of aliphatic hydroxyl groups is 1. The predicted octanol–water partition coefficient (Wildman–Crippen LogP) is 1.01. The Morgan fingerprint density at radius 3 is 2.71 bits per heavy atom. The van der Waals surface area contributed by atoms with Crippen molar-refractivity contribution in [2.75, 3.05) is 13.2 Å². The van der Waals surface area contributed by atoms with Crippen LogP contribution in [0, 0.1) is 10.1 Å². The van der Waals surface area contributed by atoms with E-state index in [1.54, 1.807) is 0 Å². The molecule has 0 saturated heterocycles. The van der Waals surface area contributed by atoms with Gasteiger partial charge in [-0.1, -0.05) is 6.07 Å². The van der Waals surface area contributed by atoms with Gasteiger partial charge in [0, 0.05) is 6.07 Å². The van der Waals surface area contributed by atoms with Crippen molar-refractivity contribution in [3.05, 3.63) is 34.4 Å². The molecular weight excluding hydrogens is 297 g/mol. The van der Waals surface area contributed by atoms with E-state index in [9.17, 15) is 28.1 Å². The first-order valence-corrected chi connectivity index (χ1v) is 5.59. The fraction of sp³-hybridized carbons (Fsp3) is 0.364. The van der Waals surface area contributed by atoms with Crippen LogP contribution in [0.15, 0.2) is 24.3 Å². The number of alkyl halides is 3. The van der Waals surface area contributed by atoms with Crippen LogP contribution in [-0.4, -0.2) is 41.4 Å². The first kappa shape index (κ1) is 16.7.